The van der Waals surface area contributed by atoms with Crippen LogP contribution in [-0.2, 0) is 0 Å². The van der Waals surface area contributed by atoms with E-state index in [0.29, 0.717) is 5.92 Å². The third-order valence-electron chi connectivity index (χ3n) is 4.68. The molecule has 2 aromatic carbocycles. The van der Waals surface area contributed by atoms with E-state index in [2.05, 4.69) is 18.2 Å². The largest absolute Gasteiger partial charge is 0.288 e. The van der Waals surface area contributed by atoms with Crippen LogP contribution in [0.25, 0.3) is 20.2 Å². The maximum absolute atomic E-state index is 13.0. The van der Waals surface area contributed by atoms with Crippen LogP contribution >= 0.6 is 11.3 Å². The molecule has 1 heterocycles. The summed E-state index contributed by atoms with van der Waals surface area (Å²) in [7, 11) is 0. The highest BCUT2D eigenvalue weighted by molar-refractivity contribution is 7.24. The summed E-state index contributed by atoms with van der Waals surface area (Å²) in [6.45, 7) is 0. The molecule has 2 heteroatoms. The van der Waals surface area contributed by atoms with E-state index in [1.807, 2.05) is 24.3 Å². The summed E-state index contributed by atoms with van der Waals surface area (Å²) < 4.78 is 2.23. The van der Waals surface area contributed by atoms with E-state index in [1.54, 1.807) is 11.3 Å². The second kappa shape index (κ2) is 5.27. The van der Waals surface area contributed by atoms with Gasteiger partial charge in [-0.2, -0.15) is 0 Å². The lowest BCUT2D eigenvalue weighted by atomic mass is 9.83. The van der Waals surface area contributed by atoms with E-state index in [4.69, 9.17) is 0 Å². The molecule has 1 aromatic heterocycles. The Bertz CT molecular complexity index is 856. The van der Waals surface area contributed by atoms with E-state index in [9.17, 15) is 4.79 Å². The maximum Gasteiger partial charge on any atom is 0.196 e. The van der Waals surface area contributed by atoms with Crippen LogP contribution in [0.5, 0.6) is 0 Å². The molecular weight excluding hydrogens is 276 g/mol. The minimum Gasteiger partial charge on any atom is -0.288 e. The van der Waals surface area contributed by atoms with Gasteiger partial charge in [-0.05, 0) is 42.5 Å². The van der Waals surface area contributed by atoms with Gasteiger partial charge in [0.1, 0.15) is 0 Å². The smallest absolute Gasteiger partial charge is 0.196 e. The van der Waals surface area contributed by atoms with Gasteiger partial charge in [-0.1, -0.05) is 43.5 Å². The van der Waals surface area contributed by atoms with Crippen molar-refractivity contribution in [1.82, 2.24) is 0 Å². The number of fused-ring (bicyclic) bond motifs is 2. The van der Waals surface area contributed by atoms with E-state index in [1.165, 1.54) is 37.7 Å². The van der Waals surface area contributed by atoms with Crippen LogP contribution in [0.3, 0.4) is 0 Å². The lowest BCUT2D eigenvalue weighted by Gasteiger charge is -2.23. The summed E-state index contributed by atoms with van der Waals surface area (Å²) in [5, 5.41) is 1.85. The molecule has 0 radical (unpaired) electrons. The van der Waals surface area contributed by atoms with Crippen molar-refractivity contribution >= 4 is 31.5 Å². The topological polar surface area (TPSA) is 17.1 Å². The van der Waals surface area contributed by atoms with Gasteiger partial charge in [0.05, 0.1) is 0 Å². The van der Waals surface area contributed by atoms with Gasteiger partial charge >= 0.3 is 0 Å². The van der Waals surface area contributed by atoms with Crippen LogP contribution < -0.4 is 5.43 Å². The number of hydrogen-bond donors (Lipinski definition) is 0. The first-order valence-corrected chi connectivity index (χ1v) is 8.61. The fraction of sp³-hybridized carbons (Fsp3) is 0.316. The normalized spacial score (nSPS) is 16.6. The fourth-order valence-electron chi connectivity index (χ4n) is 3.63. The van der Waals surface area contributed by atoms with Crippen LogP contribution in [0.4, 0.5) is 0 Å². The molecule has 0 atom stereocenters. The first-order chi connectivity index (χ1) is 10.3. The van der Waals surface area contributed by atoms with Crippen molar-refractivity contribution in [2.24, 2.45) is 0 Å². The Kier molecular flexibility index (Phi) is 3.27. The summed E-state index contributed by atoms with van der Waals surface area (Å²) in [6, 6.07) is 14.4. The number of rotatable bonds is 1. The van der Waals surface area contributed by atoms with Gasteiger partial charge in [-0.15, -0.1) is 11.3 Å². The predicted molar refractivity (Wildman–Crippen MR) is 91.4 cm³/mol. The van der Waals surface area contributed by atoms with Gasteiger partial charge in [0, 0.05) is 20.2 Å². The molecule has 0 aliphatic heterocycles. The standard InChI is InChI=1S/C19H18OS/c20-19-15-9-4-5-11-16(15)21-17-12-6-10-14(18(17)19)13-7-2-1-3-8-13/h4-6,9-13H,1-3,7-8H2. The van der Waals surface area contributed by atoms with Gasteiger partial charge < -0.3 is 0 Å². The third-order valence-corrected chi connectivity index (χ3v) is 5.82. The zero-order chi connectivity index (χ0) is 14.2. The summed E-state index contributed by atoms with van der Waals surface area (Å²) in [5.74, 6) is 0.573. The number of hydrogen-bond acceptors (Lipinski definition) is 2. The summed E-state index contributed by atoms with van der Waals surface area (Å²) in [4.78, 5) is 13.0. The highest BCUT2D eigenvalue weighted by atomic mass is 32.1. The molecule has 4 rings (SSSR count). The molecule has 0 amide bonds. The van der Waals surface area contributed by atoms with Gasteiger partial charge in [-0.25, -0.2) is 0 Å². The molecule has 0 saturated heterocycles. The van der Waals surface area contributed by atoms with Crippen LogP contribution in [0.1, 0.15) is 43.6 Å². The van der Waals surface area contributed by atoms with Crippen molar-refractivity contribution in [3.8, 4) is 0 Å². The van der Waals surface area contributed by atoms with Crippen molar-refractivity contribution < 1.29 is 0 Å². The molecule has 1 saturated carbocycles. The van der Waals surface area contributed by atoms with Gasteiger partial charge in [0.2, 0.25) is 0 Å². The predicted octanol–water partition coefficient (Wildman–Crippen LogP) is 5.46. The first kappa shape index (κ1) is 13.0. The Morgan fingerprint density at radius 1 is 0.857 bits per heavy atom. The van der Waals surface area contributed by atoms with Crippen molar-refractivity contribution in [3.63, 3.8) is 0 Å². The van der Waals surface area contributed by atoms with Crippen molar-refractivity contribution in [3.05, 3.63) is 58.3 Å². The molecule has 1 fully saturated rings. The fourth-order valence-corrected chi connectivity index (χ4v) is 4.74. The zero-order valence-electron chi connectivity index (χ0n) is 12.0. The van der Waals surface area contributed by atoms with E-state index in [-0.39, 0.29) is 5.43 Å². The Balaban J connectivity index is 2.03. The average Bonchev–Trinajstić information content (AvgIpc) is 2.55. The number of benzene rings is 2. The lowest BCUT2D eigenvalue weighted by Crippen LogP contribution is -2.10. The molecule has 21 heavy (non-hydrogen) atoms. The Labute approximate surface area is 128 Å². The SMILES string of the molecule is O=c1c2ccccc2sc2cccc(C3CCCCC3)c12. The monoisotopic (exact) mass is 294 g/mol. The van der Waals surface area contributed by atoms with Crippen molar-refractivity contribution in [2.45, 2.75) is 38.0 Å². The Hall–Kier alpha value is -1.67. The summed E-state index contributed by atoms with van der Waals surface area (Å²) in [6.07, 6.45) is 6.40. The molecule has 0 N–H and O–H groups in total. The second-order valence-electron chi connectivity index (χ2n) is 5.98. The molecule has 0 unspecified atom stereocenters. The minimum atomic E-state index is 0.223. The minimum absolute atomic E-state index is 0.223. The molecule has 1 aliphatic carbocycles. The van der Waals surface area contributed by atoms with E-state index < -0.39 is 0 Å². The molecule has 1 nitrogen and oxygen atoms in total. The van der Waals surface area contributed by atoms with Crippen LogP contribution in [0.15, 0.2) is 47.3 Å². The van der Waals surface area contributed by atoms with Gasteiger partial charge in [0.15, 0.2) is 5.43 Å². The Morgan fingerprint density at radius 2 is 1.62 bits per heavy atom. The summed E-state index contributed by atoms with van der Waals surface area (Å²) >= 11 is 1.74. The average molecular weight is 294 g/mol. The van der Waals surface area contributed by atoms with Crippen LogP contribution in [0.2, 0.25) is 0 Å². The lowest BCUT2D eigenvalue weighted by molar-refractivity contribution is 0.445. The van der Waals surface area contributed by atoms with Crippen molar-refractivity contribution in [2.75, 3.05) is 0 Å². The second-order valence-corrected chi connectivity index (χ2v) is 7.07. The van der Waals surface area contributed by atoms with E-state index in [0.717, 1.165) is 20.2 Å². The molecule has 3 aromatic rings. The van der Waals surface area contributed by atoms with Crippen LogP contribution in [0, 0.1) is 0 Å². The maximum atomic E-state index is 13.0. The highest BCUT2D eigenvalue weighted by Gasteiger charge is 2.19. The zero-order valence-corrected chi connectivity index (χ0v) is 12.8. The van der Waals surface area contributed by atoms with Gasteiger partial charge in [-0.3, -0.25) is 4.79 Å². The highest BCUT2D eigenvalue weighted by Crippen LogP contribution is 2.37. The first-order valence-electron chi connectivity index (χ1n) is 7.79. The quantitative estimate of drug-likeness (QED) is 0.544. The van der Waals surface area contributed by atoms with E-state index >= 15 is 0 Å². The molecule has 0 spiro atoms. The van der Waals surface area contributed by atoms with Gasteiger partial charge in [0.25, 0.3) is 0 Å². The van der Waals surface area contributed by atoms with Crippen molar-refractivity contribution in [1.29, 1.82) is 0 Å². The molecule has 106 valence electrons. The Morgan fingerprint density at radius 3 is 2.48 bits per heavy atom. The molecule has 1 aliphatic rings. The van der Waals surface area contributed by atoms with Crippen LogP contribution in [-0.4, -0.2) is 0 Å². The third kappa shape index (κ3) is 2.18. The molecular formula is C19H18OS. The molecule has 0 bridgehead atoms. The summed E-state index contributed by atoms with van der Waals surface area (Å²) in [5.41, 5.74) is 1.51.